The second-order valence-electron chi connectivity index (χ2n) is 6.18. The van der Waals surface area contributed by atoms with Gasteiger partial charge in [0.25, 0.3) is 5.69 Å². The van der Waals surface area contributed by atoms with Crippen LogP contribution in [0.2, 0.25) is 10.0 Å². The molecule has 3 atom stereocenters. The van der Waals surface area contributed by atoms with Gasteiger partial charge in [-0.25, -0.2) is 0 Å². The zero-order valence-electron chi connectivity index (χ0n) is 12.6. The molecule has 0 saturated carbocycles. The molecule has 0 aromatic heterocycles. The van der Waals surface area contributed by atoms with E-state index in [4.69, 9.17) is 23.2 Å². The number of rotatable bonds is 2. The largest absolute Gasteiger partial charge is 0.376 e. The number of hydrogen-bond donors (Lipinski definition) is 1. The Balaban J connectivity index is 1.83. The topological polar surface area (TPSA) is 55.2 Å². The number of non-ortho nitro benzene ring substituents is 1. The molecule has 2 aromatic rings. The lowest BCUT2D eigenvalue weighted by atomic mass is 9.77. The zero-order valence-corrected chi connectivity index (χ0v) is 14.1. The molecule has 0 fully saturated rings. The van der Waals surface area contributed by atoms with Crippen LogP contribution in [-0.2, 0) is 0 Å². The number of hydrogen-bond acceptors (Lipinski definition) is 3. The summed E-state index contributed by atoms with van der Waals surface area (Å²) in [6, 6.07) is 10.9. The fourth-order valence-electron chi connectivity index (χ4n) is 3.78. The molecular weight excluding hydrogens is 347 g/mol. The summed E-state index contributed by atoms with van der Waals surface area (Å²) in [6.07, 6.45) is 5.17. The predicted molar refractivity (Wildman–Crippen MR) is 95.9 cm³/mol. The molecule has 4 rings (SSSR count). The van der Waals surface area contributed by atoms with Crippen LogP contribution in [0.4, 0.5) is 11.4 Å². The monoisotopic (exact) mass is 360 g/mol. The molecule has 0 radical (unpaired) electrons. The maximum atomic E-state index is 11.1. The Kier molecular flexibility index (Phi) is 3.74. The van der Waals surface area contributed by atoms with Crippen LogP contribution in [0.5, 0.6) is 0 Å². The van der Waals surface area contributed by atoms with E-state index in [1.165, 1.54) is 6.07 Å². The van der Waals surface area contributed by atoms with Crippen LogP contribution in [0.25, 0.3) is 0 Å². The minimum Gasteiger partial charge on any atom is -0.376 e. The van der Waals surface area contributed by atoms with Crippen molar-refractivity contribution in [2.45, 2.75) is 18.4 Å². The Morgan fingerprint density at radius 1 is 1.21 bits per heavy atom. The normalized spacial score (nSPS) is 24.2. The van der Waals surface area contributed by atoms with Crippen molar-refractivity contribution < 1.29 is 4.92 Å². The Hall–Kier alpha value is -2.04. The summed E-state index contributed by atoms with van der Waals surface area (Å²) in [5.41, 5.74) is 2.80. The SMILES string of the molecule is O=[N+]([O-])c1cc(Cl)c2c(c1)[C@@H]1C=CC[C@H]1[C@@H](c1cccc(Cl)c1)N2. The molecule has 6 heteroatoms. The van der Waals surface area contributed by atoms with E-state index in [2.05, 4.69) is 17.5 Å². The lowest BCUT2D eigenvalue weighted by Gasteiger charge is -2.37. The second kappa shape index (κ2) is 5.80. The molecule has 24 heavy (non-hydrogen) atoms. The Morgan fingerprint density at radius 3 is 2.79 bits per heavy atom. The quantitative estimate of drug-likeness (QED) is 0.422. The molecule has 0 amide bonds. The van der Waals surface area contributed by atoms with Crippen LogP contribution >= 0.6 is 23.2 Å². The van der Waals surface area contributed by atoms with Gasteiger partial charge in [-0.15, -0.1) is 0 Å². The maximum Gasteiger partial charge on any atom is 0.271 e. The van der Waals surface area contributed by atoms with Crippen LogP contribution in [-0.4, -0.2) is 4.92 Å². The van der Waals surface area contributed by atoms with E-state index < -0.39 is 4.92 Å². The molecule has 0 unspecified atom stereocenters. The predicted octanol–water partition coefficient (Wildman–Crippen LogP) is 5.73. The van der Waals surface area contributed by atoms with Gasteiger partial charge in [-0.3, -0.25) is 10.1 Å². The summed E-state index contributed by atoms with van der Waals surface area (Å²) in [4.78, 5) is 10.7. The highest BCUT2D eigenvalue weighted by Gasteiger charge is 2.39. The van der Waals surface area contributed by atoms with Crippen molar-refractivity contribution in [3.8, 4) is 0 Å². The number of halogens is 2. The first-order valence-corrected chi connectivity index (χ1v) is 8.46. The molecule has 1 aliphatic heterocycles. The number of benzene rings is 2. The summed E-state index contributed by atoms with van der Waals surface area (Å²) in [7, 11) is 0. The number of fused-ring (bicyclic) bond motifs is 3. The summed E-state index contributed by atoms with van der Waals surface area (Å²) >= 11 is 12.5. The summed E-state index contributed by atoms with van der Waals surface area (Å²) in [5, 5.41) is 15.7. The van der Waals surface area contributed by atoms with Gasteiger partial charge in [0.1, 0.15) is 0 Å². The minimum absolute atomic E-state index is 0.0285. The van der Waals surface area contributed by atoms with Crippen molar-refractivity contribution >= 4 is 34.6 Å². The standard InChI is InChI=1S/C18H14Cl2N2O2/c19-11-4-1-3-10(7-11)17-14-6-2-5-13(14)15-8-12(22(23)24)9-16(20)18(15)21-17/h1-5,7-9,13-14,17,21H,6H2/t13-,14-,17-/m1/s1. The number of nitrogens with one attached hydrogen (secondary N) is 1. The van der Waals surface area contributed by atoms with E-state index in [1.807, 2.05) is 24.3 Å². The summed E-state index contributed by atoms with van der Waals surface area (Å²) in [5.74, 6) is 0.400. The van der Waals surface area contributed by atoms with Crippen molar-refractivity contribution in [1.29, 1.82) is 0 Å². The van der Waals surface area contributed by atoms with E-state index in [1.54, 1.807) is 6.07 Å². The fourth-order valence-corrected chi connectivity index (χ4v) is 4.25. The first kappa shape index (κ1) is 15.5. The highest BCUT2D eigenvalue weighted by molar-refractivity contribution is 6.33. The Morgan fingerprint density at radius 2 is 2.04 bits per heavy atom. The highest BCUT2D eigenvalue weighted by atomic mass is 35.5. The lowest BCUT2D eigenvalue weighted by molar-refractivity contribution is -0.384. The van der Waals surface area contributed by atoms with E-state index in [9.17, 15) is 10.1 Å². The molecule has 122 valence electrons. The molecule has 4 nitrogen and oxygen atoms in total. The summed E-state index contributed by atoms with van der Waals surface area (Å²) in [6.45, 7) is 0. The average molecular weight is 361 g/mol. The maximum absolute atomic E-state index is 11.1. The van der Waals surface area contributed by atoms with Gasteiger partial charge < -0.3 is 5.32 Å². The van der Waals surface area contributed by atoms with E-state index >= 15 is 0 Å². The van der Waals surface area contributed by atoms with Gasteiger partial charge in [-0.1, -0.05) is 47.5 Å². The second-order valence-corrected chi connectivity index (χ2v) is 7.02. The lowest BCUT2D eigenvalue weighted by Crippen LogP contribution is -2.29. The third-order valence-corrected chi connectivity index (χ3v) is 5.36. The molecule has 0 saturated heterocycles. The Labute approximate surface area is 149 Å². The van der Waals surface area contributed by atoms with Gasteiger partial charge in [0.2, 0.25) is 0 Å². The average Bonchev–Trinajstić information content (AvgIpc) is 3.04. The van der Waals surface area contributed by atoms with Crippen molar-refractivity contribution in [1.82, 2.24) is 0 Å². The molecule has 1 N–H and O–H groups in total. The third-order valence-electron chi connectivity index (χ3n) is 4.82. The van der Waals surface area contributed by atoms with Crippen LogP contribution in [0.1, 0.15) is 29.5 Å². The summed E-state index contributed by atoms with van der Waals surface area (Å²) < 4.78 is 0. The molecule has 2 aliphatic rings. The van der Waals surface area contributed by atoms with Gasteiger partial charge >= 0.3 is 0 Å². The number of anilines is 1. The highest BCUT2D eigenvalue weighted by Crippen LogP contribution is 2.52. The molecule has 1 heterocycles. The third kappa shape index (κ3) is 2.46. The van der Waals surface area contributed by atoms with Crippen molar-refractivity contribution in [3.05, 3.63) is 79.8 Å². The van der Waals surface area contributed by atoms with Gasteiger partial charge in [0.15, 0.2) is 0 Å². The number of nitrogens with zero attached hydrogens (tertiary/aromatic N) is 1. The van der Waals surface area contributed by atoms with Crippen LogP contribution < -0.4 is 5.32 Å². The first-order valence-electron chi connectivity index (χ1n) is 7.71. The molecule has 1 aliphatic carbocycles. The first-order chi connectivity index (χ1) is 11.5. The molecule has 0 bridgehead atoms. The number of allylic oxidation sites excluding steroid dienone is 2. The van der Waals surface area contributed by atoms with E-state index in [0.717, 1.165) is 23.2 Å². The van der Waals surface area contributed by atoms with Crippen LogP contribution in [0, 0.1) is 16.0 Å². The molecule has 2 aromatic carbocycles. The van der Waals surface area contributed by atoms with Crippen LogP contribution in [0.15, 0.2) is 48.6 Å². The van der Waals surface area contributed by atoms with E-state index in [-0.39, 0.29) is 23.6 Å². The van der Waals surface area contributed by atoms with Crippen LogP contribution in [0.3, 0.4) is 0 Å². The minimum atomic E-state index is -0.400. The smallest absolute Gasteiger partial charge is 0.271 e. The van der Waals surface area contributed by atoms with Crippen molar-refractivity contribution in [2.24, 2.45) is 5.92 Å². The van der Waals surface area contributed by atoms with Gasteiger partial charge in [0.05, 0.1) is 21.7 Å². The Bertz CT molecular complexity index is 866. The van der Waals surface area contributed by atoms with E-state index in [0.29, 0.717) is 10.0 Å². The zero-order chi connectivity index (χ0) is 16.8. The molecule has 0 spiro atoms. The molecular formula is C18H14Cl2N2O2. The van der Waals surface area contributed by atoms with Gasteiger partial charge in [-0.2, -0.15) is 0 Å². The van der Waals surface area contributed by atoms with Crippen molar-refractivity contribution in [3.63, 3.8) is 0 Å². The number of nitro benzene ring substituents is 1. The number of nitro groups is 1. The fraction of sp³-hybridized carbons (Fsp3) is 0.222. The van der Waals surface area contributed by atoms with Crippen molar-refractivity contribution in [2.75, 3.05) is 5.32 Å². The van der Waals surface area contributed by atoms with Gasteiger partial charge in [-0.05, 0) is 35.6 Å². The van der Waals surface area contributed by atoms with Gasteiger partial charge in [0, 0.05) is 23.1 Å².